The number of carbonyl (C=O) groups is 1. The molecule has 0 bridgehead atoms. The van der Waals surface area contributed by atoms with Crippen LogP contribution in [0.4, 0.5) is 24.5 Å². The Bertz CT molecular complexity index is 1470. The Labute approximate surface area is 232 Å². The van der Waals surface area contributed by atoms with E-state index in [-0.39, 0.29) is 23.7 Å². The second kappa shape index (κ2) is 12.1. The van der Waals surface area contributed by atoms with Gasteiger partial charge in [0.15, 0.2) is 11.5 Å². The lowest BCUT2D eigenvalue weighted by Crippen LogP contribution is -2.13. The fraction of sp³-hybridized carbons (Fsp3) is 0.120. The van der Waals surface area contributed by atoms with Crippen LogP contribution in [0.1, 0.15) is 18.1 Å². The average Bonchev–Trinajstić information content (AvgIpc) is 2.84. The zero-order valence-corrected chi connectivity index (χ0v) is 22.2. The van der Waals surface area contributed by atoms with Gasteiger partial charge in [0.2, 0.25) is 5.75 Å². The molecule has 38 heavy (non-hydrogen) atoms. The number of anilines is 1. The summed E-state index contributed by atoms with van der Waals surface area (Å²) in [5, 5.41) is 23.9. The SMILES string of the molecule is CCOc1cc(/C=C(\C#N)C(=O)Nc2cccc(Cl)c2)cc(I)c1Oc1ccc(C(F)(F)F)cc1[N+](=O)[O-]. The van der Waals surface area contributed by atoms with E-state index in [1.807, 2.05) is 28.7 Å². The van der Waals surface area contributed by atoms with Gasteiger partial charge in [-0.05, 0) is 83.6 Å². The standard InChI is InChI=1S/C25H16ClF3IN3O5/c1-2-37-22-10-14(8-15(13-31)24(34)32-18-5-3-4-17(26)12-18)9-19(30)23(22)38-21-7-6-16(25(27,28)29)11-20(21)33(35)36/h3-12H,2H2,1H3,(H,32,34)/b15-8+. The molecule has 0 atom stereocenters. The molecule has 196 valence electrons. The molecule has 0 fully saturated rings. The molecule has 0 radical (unpaired) electrons. The Morgan fingerprint density at radius 2 is 1.95 bits per heavy atom. The van der Waals surface area contributed by atoms with Crippen LogP contribution in [0.5, 0.6) is 17.2 Å². The van der Waals surface area contributed by atoms with Gasteiger partial charge in [0.05, 0.1) is 20.7 Å². The Hall–Kier alpha value is -3.83. The maximum absolute atomic E-state index is 13.0. The second-order valence-corrected chi connectivity index (χ2v) is 9.04. The first kappa shape index (κ1) is 28.7. The Morgan fingerprint density at radius 3 is 2.55 bits per heavy atom. The summed E-state index contributed by atoms with van der Waals surface area (Å²) in [4.78, 5) is 23.1. The van der Waals surface area contributed by atoms with E-state index < -0.39 is 34.0 Å². The number of rotatable bonds is 8. The minimum Gasteiger partial charge on any atom is -0.490 e. The van der Waals surface area contributed by atoms with E-state index in [2.05, 4.69) is 5.32 Å². The number of nitrogens with zero attached hydrogens (tertiary/aromatic N) is 2. The normalized spacial score (nSPS) is 11.4. The predicted octanol–water partition coefficient (Wildman–Crippen LogP) is 7.61. The third kappa shape index (κ3) is 7.14. The number of carbonyl (C=O) groups excluding carboxylic acids is 1. The lowest BCUT2D eigenvalue weighted by atomic mass is 10.1. The Morgan fingerprint density at radius 1 is 1.21 bits per heavy atom. The molecular formula is C25H16ClF3IN3O5. The number of amides is 1. The van der Waals surface area contributed by atoms with Crippen molar-refractivity contribution in [1.82, 2.24) is 0 Å². The monoisotopic (exact) mass is 657 g/mol. The van der Waals surface area contributed by atoms with Crippen molar-refractivity contribution in [3.05, 3.63) is 90.0 Å². The van der Waals surface area contributed by atoms with Crippen LogP contribution in [-0.2, 0) is 11.0 Å². The van der Waals surface area contributed by atoms with E-state index in [1.165, 1.54) is 24.3 Å². The van der Waals surface area contributed by atoms with Crippen molar-refractivity contribution in [3.8, 4) is 23.3 Å². The summed E-state index contributed by atoms with van der Waals surface area (Å²) in [6.07, 6.45) is -3.48. The quantitative estimate of drug-likeness (QED) is 0.0877. The molecule has 3 aromatic carbocycles. The molecule has 1 amide bonds. The molecule has 0 aromatic heterocycles. The first-order valence-corrected chi connectivity index (χ1v) is 12.1. The Balaban J connectivity index is 1.98. The number of halogens is 5. The summed E-state index contributed by atoms with van der Waals surface area (Å²) in [5.74, 6) is -1.02. The summed E-state index contributed by atoms with van der Waals surface area (Å²) in [6.45, 7) is 1.81. The van der Waals surface area contributed by atoms with E-state index in [0.29, 0.717) is 32.0 Å². The summed E-state index contributed by atoms with van der Waals surface area (Å²) in [5.41, 5.74) is -1.57. The molecule has 0 aliphatic rings. The van der Waals surface area contributed by atoms with E-state index in [1.54, 1.807) is 25.1 Å². The van der Waals surface area contributed by atoms with Gasteiger partial charge in [0, 0.05) is 16.8 Å². The summed E-state index contributed by atoms with van der Waals surface area (Å²) < 4.78 is 50.7. The van der Waals surface area contributed by atoms with Crippen LogP contribution in [0.3, 0.4) is 0 Å². The number of nitro groups is 1. The maximum atomic E-state index is 13.0. The zero-order chi connectivity index (χ0) is 28.0. The third-order valence-corrected chi connectivity index (χ3v) is 5.82. The van der Waals surface area contributed by atoms with Gasteiger partial charge in [-0.3, -0.25) is 14.9 Å². The summed E-state index contributed by atoms with van der Waals surface area (Å²) >= 11 is 7.76. The zero-order valence-electron chi connectivity index (χ0n) is 19.3. The number of nitro benzene ring substituents is 1. The molecule has 8 nitrogen and oxygen atoms in total. The van der Waals surface area contributed by atoms with Gasteiger partial charge in [-0.15, -0.1) is 0 Å². The number of alkyl halides is 3. The smallest absolute Gasteiger partial charge is 0.416 e. The molecule has 0 saturated heterocycles. The fourth-order valence-electron chi connectivity index (χ4n) is 3.15. The van der Waals surface area contributed by atoms with Crippen LogP contribution >= 0.6 is 34.2 Å². The topological polar surface area (TPSA) is 114 Å². The Kier molecular flexibility index (Phi) is 9.18. The number of nitriles is 1. The van der Waals surface area contributed by atoms with E-state index in [0.717, 1.165) is 6.07 Å². The highest BCUT2D eigenvalue weighted by molar-refractivity contribution is 14.1. The molecule has 0 saturated carbocycles. The summed E-state index contributed by atoms with van der Waals surface area (Å²) in [6, 6.07) is 13.0. The second-order valence-electron chi connectivity index (χ2n) is 7.44. The molecule has 3 aromatic rings. The highest BCUT2D eigenvalue weighted by atomic mass is 127. The molecule has 0 aliphatic heterocycles. The van der Waals surface area contributed by atoms with E-state index in [4.69, 9.17) is 21.1 Å². The number of ether oxygens (including phenoxy) is 2. The van der Waals surface area contributed by atoms with Crippen LogP contribution in [0.15, 0.2) is 60.2 Å². The van der Waals surface area contributed by atoms with Crippen molar-refractivity contribution in [3.63, 3.8) is 0 Å². The molecule has 0 spiro atoms. The lowest BCUT2D eigenvalue weighted by molar-refractivity contribution is -0.385. The minimum atomic E-state index is -4.78. The lowest BCUT2D eigenvalue weighted by Gasteiger charge is -2.15. The maximum Gasteiger partial charge on any atom is 0.416 e. The van der Waals surface area contributed by atoms with Crippen LogP contribution in [0, 0.1) is 25.0 Å². The first-order valence-electron chi connectivity index (χ1n) is 10.6. The number of hydrogen-bond acceptors (Lipinski definition) is 6. The van der Waals surface area contributed by atoms with Gasteiger partial charge < -0.3 is 14.8 Å². The molecule has 13 heteroatoms. The van der Waals surface area contributed by atoms with Gasteiger partial charge in [0.25, 0.3) is 5.91 Å². The highest BCUT2D eigenvalue weighted by Gasteiger charge is 2.33. The van der Waals surface area contributed by atoms with Crippen LogP contribution in [0.25, 0.3) is 6.08 Å². The van der Waals surface area contributed by atoms with Gasteiger partial charge in [-0.1, -0.05) is 17.7 Å². The average molecular weight is 658 g/mol. The number of nitrogens with one attached hydrogen (secondary N) is 1. The van der Waals surface area contributed by atoms with Gasteiger partial charge >= 0.3 is 11.9 Å². The van der Waals surface area contributed by atoms with Gasteiger partial charge in [-0.2, -0.15) is 18.4 Å². The van der Waals surface area contributed by atoms with Gasteiger partial charge in [0.1, 0.15) is 11.6 Å². The van der Waals surface area contributed by atoms with Crippen molar-refractivity contribution in [2.75, 3.05) is 11.9 Å². The molecule has 0 heterocycles. The predicted molar refractivity (Wildman–Crippen MR) is 142 cm³/mol. The van der Waals surface area contributed by atoms with Crippen LogP contribution in [-0.4, -0.2) is 17.4 Å². The number of hydrogen-bond donors (Lipinski definition) is 1. The largest absolute Gasteiger partial charge is 0.490 e. The first-order chi connectivity index (χ1) is 17.9. The number of benzene rings is 3. The van der Waals surface area contributed by atoms with Gasteiger partial charge in [-0.25, -0.2) is 0 Å². The van der Waals surface area contributed by atoms with E-state index >= 15 is 0 Å². The molecule has 0 aliphatic carbocycles. The van der Waals surface area contributed by atoms with Crippen molar-refractivity contribution >= 4 is 57.5 Å². The summed E-state index contributed by atoms with van der Waals surface area (Å²) in [7, 11) is 0. The fourth-order valence-corrected chi connectivity index (χ4v) is 4.07. The molecule has 3 rings (SSSR count). The molecular weight excluding hydrogens is 642 g/mol. The highest BCUT2D eigenvalue weighted by Crippen LogP contribution is 2.42. The van der Waals surface area contributed by atoms with Crippen molar-refractivity contribution in [2.45, 2.75) is 13.1 Å². The molecule has 0 unspecified atom stereocenters. The third-order valence-electron chi connectivity index (χ3n) is 4.79. The minimum absolute atomic E-state index is 0.00865. The van der Waals surface area contributed by atoms with Crippen molar-refractivity contribution in [2.24, 2.45) is 0 Å². The van der Waals surface area contributed by atoms with Crippen molar-refractivity contribution < 1.29 is 32.4 Å². The van der Waals surface area contributed by atoms with Crippen LogP contribution in [0.2, 0.25) is 5.02 Å². The van der Waals surface area contributed by atoms with E-state index in [9.17, 15) is 33.3 Å². The van der Waals surface area contributed by atoms with Crippen molar-refractivity contribution in [1.29, 1.82) is 5.26 Å². The van der Waals surface area contributed by atoms with Crippen LogP contribution < -0.4 is 14.8 Å². The molecule has 1 N–H and O–H groups in total.